The van der Waals surface area contributed by atoms with E-state index in [-0.39, 0.29) is 24.8 Å². The fourth-order valence-corrected chi connectivity index (χ4v) is 2.39. The molecule has 0 saturated carbocycles. The molecule has 7 heteroatoms. The number of benzene rings is 1. The summed E-state index contributed by atoms with van der Waals surface area (Å²) in [7, 11) is 0. The smallest absolute Gasteiger partial charge is 0.0594 e. The Morgan fingerprint density at radius 1 is 1.00 bits per heavy atom. The summed E-state index contributed by atoms with van der Waals surface area (Å²) in [6.45, 7) is 7.29. The molecule has 1 aliphatic rings. The molecule has 21 heavy (non-hydrogen) atoms. The zero-order valence-corrected chi connectivity index (χ0v) is 14.4. The topological polar surface area (TPSA) is 41.7 Å². The molecule has 0 amide bonds. The van der Waals surface area contributed by atoms with Crippen molar-refractivity contribution in [2.24, 2.45) is 5.73 Å². The number of nitrogens with zero attached hydrogens (tertiary/aromatic N) is 2. The van der Waals surface area contributed by atoms with E-state index in [9.17, 15) is 0 Å². The van der Waals surface area contributed by atoms with Crippen molar-refractivity contribution in [1.82, 2.24) is 4.90 Å². The second-order valence-corrected chi connectivity index (χ2v) is 5.14. The molecule has 122 valence electrons. The highest BCUT2D eigenvalue weighted by molar-refractivity contribution is 6.30. The Kier molecular flexibility index (Phi) is 11.2. The van der Waals surface area contributed by atoms with Crippen LogP contribution in [0.5, 0.6) is 0 Å². The predicted molar refractivity (Wildman–Crippen MR) is 94.5 cm³/mol. The lowest BCUT2D eigenvalue weighted by molar-refractivity contribution is 0.107. The zero-order chi connectivity index (χ0) is 13.5. The van der Waals surface area contributed by atoms with Gasteiger partial charge in [0.25, 0.3) is 0 Å². The van der Waals surface area contributed by atoms with E-state index in [2.05, 4.69) is 21.9 Å². The van der Waals surface area contributed by atoms with Gasteiger partial charge in [0.1, 0.15) is 0 Å². The summed E-state index contributed by atoms with van der Waals surface area (Å²) >= 11 is 5.91. The highest BCUT2D eigenvalue weighted by Crippen LogP contribution is 2.19. The maximum atomic E-state index is 5.91. The number of hydrogen-bond donors (Lipinski definition) is 1. The van der Waals surface area contributed by atoms with E-state index in [0.29, 0.717) is 13.2 Å². The van der Waals surface area contributed by atoms with Crippen LogP contribution < -0.4 is 10.6 Å². The first-order valence-corrected chi connectivity index (χ1v) is 7.18. The van der Waals surface area contributed by atoms with Gasteiger partial charge in [-0.15, -0.1) is 24.8 Å². The first kappa shape index (κ1) is 20.8. The van der Waals surface area contributed by atoms with Crippen molar-refractivity contribution in [1.29, 1.82) is 0 Å². The third-order valence-electron chi connectivity index (χ3n) is 3.38. The number of rotatable bonds is 6. The van der Waals surface area contributed by atoms with E-state index >= 15 is 0 Å². The van der Waals surface area contributed by atoms with E-state index in [1.54, 1.807) is 0 Å². The molecular formula is C14H24Cl3N3O. The normalized spacial score (nSPS) is 15.2. The summed E-state index contributed by atoms with van der Waals surface area (Å²) in [5.41, 5.74) is 6.64. The Morgan fingerprint density at radius 3 is 2.19 bits per heavy atom. The molecular weight excluding hydrogens is 333 g/mol. The van der Waals surface area contributed by atoms with E-state index < -0.39 is 0 Å². The van der Waals surface area contributed by atoms with Crippen LogP contribution in [0.25, 0.3) is 0 Å². The Hall–Kier alpha value is -0.230. The molecule has 0 aliphatic carbocycles. The van der Waals surface area contributed by atoms with Gasteiger partial charge in [-0.3, -0.25) is 4.90 Å². The predicted octanol–water partition coefficient (Wildman–Crippen LogP) is 2.28. The van der Waals surface area contributed by atoms with E-state index in [1.165, 1.54) is 5.69 Å². The molecule has 0 spiro atoms. The lowest BCUT2D eigenvalue weighted by Crippen LogP contribution is -2.47. The Bertz CT molecular complexity index is 370. The third kappa shape index (κ3) is 7.04. The summed E-state index contributed by atoms with van der Waals surface area (Å²) in [5, 5.41) is 0.791. The van der Waals surface area contributed by atoms with Crippen molar-refractivity contribution in [2.45, 2.75) is 0 Å². The average molecular weight is 357 g/mol. The van der Waals surface area contributed by atoms with Crippen LogP contribution >= 0.6 is 36.4 Å². The molecule has 0 radical (unpaired) electrons. The molecule has 0 unspecified atom stereocenters. The lowest BCUT2D eigenvalue weighted by atomic mass is 10.2. The largest absolute Gasteiger partial charge is 0.379 e. The number of halogens is 3. The van der Waals surface area contributed by atoms with Crippen LogP contribution in [0.2, 0.25) is 5.02 Å². The second-order valence-electron chi connectivity index (χ2n) is 4.71. The molecule has 1 saturated heterocycles. The van der Waals surface area contributed by atoms with Gasteiger partial charge < -0.3 is 15.4 Å². The summed E-state index contributed by atoms with van der Waals surface area (Å²) in [5.74, 6) is 0. The quantitative estimate of drug-likeness (QED) is 0.794. The standard InChI is InChI=1S/C14H22ClN3O.2ClH/c15-13-1-3-14(4-2-13)18-8-6-17(7-9-18)10-12-19-11-5-16;;/h1-4H,5-12,16H2;2*1H. The van der Waals surface area contributed by atoms with Gasteiger partial charge in [-0.2, -0.15) is 0 Å². The lowest BCUT2D eigenvalue weighted by Gasteiger charge is -2.36. The summed E-state index contributed by atoms with van der Waals surface area (Å²) in [4.78, 5) is 4.83. The maximum Gasteiger partial charge on any atom is 0.0594 e. The number of nitrogens with two attached hydrogens (primary N) is 1. The SMILES string of the molecule is Cl.Cl.NCCOCCN1CCN(c2ccc(Cl)cc2)CC1. The van der Waals surface area contributed by atoms with Crippen LogP contribution in [0.4, 0.5) is 5.69 Å². The number of piperazine rings is 1. The minimum atomic E-state index is 0. The monoisotopic (exact) mass is 355 g/mol. The van der Waals surface area contributed by atoms with Gasteiger partial charge in [-0.05, 0) is 24.3 Å². The Balaban J connectivity index is 0.00000200. The summed E-state index contributed by atoms with van der Waals surface area (Å²) in [6.07, 6.45) is 0. The van der Waals surface area contributed by atoms with Gasteiger partial charge in [0.2, 0.25) is 0 Å². The van der Waals surface area contributed by atoms with Crippen molar-refractivity contribution in [3.63, 3.8) is 0 Å². The van der Waals surface area contributed by atoms with Gasteiger partial charge in [-0.25, -0.2) is 0 Å². The second kappa shape index (κ2) is 11.4. The molecule has 0 bridgehead atoms. The molecule has 4 nitrogen and oxygen atoms in total. The van der Waals surface area contributed by atoms with Gasteiger partial charge in [-0.1, -0.05) is 11.6 Å². The van der Waals surface area contributed by atoms with Gasteiger partial charge in [0.05, 0.1) is 13.2 Å². The molecule has 1 aliphatic heterocycles. The average Bonchev–Trinajstić information content (AvgIpc) is 2.45. The van der Waals surface area contributed by atoms with E-state index in [4.69, 9.17) is 22.1 Å². The molecule has 1 aromatic rings. The van der Waals surface area contributed by atoms with Crippen LogP contribution in [0.3, 0.4) is 0 Å². The van der Waals surface area contributed by atoms with E-state index in [1.807, 2.05) is 12.1 Å². The molecule has 1 heterocycles. The van der Waals surface area contributed by atoms with Crippen LogP contribution in [0.1, 0.15) is 0 Å². The van der Waals surface area contributed by atoms with Gasteiger partial charge in [0, 0.05) is 50.0 Å². The van der Waals surface area contributed by atoms with Crippen LogP contribution in [0, 0.1) is 0 Å². The van der Waals surface area contributed by atoms with Crippen LogP contribution in [0.15, 0.2) is 24.3 Å². The summed E-state index contributed by atoms with van der Waals surface area (Å²) < 4.78 is 5.42. The number of anilines is 1. The van der Waals surface area contributed by atoms with Crippen LogP contribution in [-0.4, -0.2) is 57.4 Å². The zero-order valence-electron chi connectivity index (χ0n) is 12.0. The molecule has 0 atom stereocenters. The summed E-state index contributed by atoms with van der Waals surface area (Å²) in [6, 6.07) is 8.07. The van der Waals surface area contributed by atoms with E-state index in [0.717, 1.165) is 44.4 Å². The molecule has 1 aromatic carbocycles. The minimum absolute atomic E-state index is 0. The third-order valence-corrected chi connectivity index (χ3v) is 3.63. The van der Waals surface area contributed by atoms with Crippen molar-refractivity contribution >= 4 is 42.1 Å². The first-order valence-electron chi connectivity index (χ1n) is 6.80. The highest BCUT2D eigenvalue weighted by atomic mass is 35.5. The van der Waals surface area contributed by atoms with Crippen LogP contribution in [-0.2, 0) is 4.74 Å². The maximum absolute atomic E-state index is 5.91. The minimum Gasteiger partial charge on any atom is -0.379 e. The van der Waals surface area contributed by atoms with Crippen molar-refractivity contribution in [3.05, 3.63) is 29.3 Å². The van der Waals surface area contributed by atoms with Crippen molar-refractivity contribution in [2.75, 3.05) is 57.4 Å². The Morgan fingerprint density at radius 2 is 1.62 bits per heavy atom. The van der Waals surface area contributed by atoms with Gasteiger partial charge >= 0.3 is 0 Å². The van der Waals surface area contributed by atoms with Gasteiger partial charge in [0.15, 0.2) is 0 Å². The fourth-order valence-electron chi connectivity index (χ4n) is 2.26. The molecule has 1 fully saturated rings. The molecule has 2 rings (SSSR count). The first-order chi connectivity index (χ1) is 9.29. The van der Waals surface area contributed by atoms with Crippen molar-refractivity contribution in [3.8, 4) is 0 Å². The molecule has 2 N–H and O–H groups in total. The number of hydrogen-bond acceptors (Lipinski definition) is 4. The fraction of sp³-hybridized carbons (Fsp3) is 0.571. The highest BCUT2D eigenvalue weighted by Gasteiger charge is 2.16. The Labute approximate surface area is 144 Å². The van der Waals surface area contributed by atoms with Crippen molar-refractivity contribution < 1.29 is 4.74 Å². The number of ether oxygens (including phenoxy) is 1. The molecule has 0 aromatic heterocycles.